The molecule has 0 saturated heterocycles. The second kappa shape index (κ2) is 8.47. The Balaban J connectivity index is 1.63. The number of amidine groups is 1. The number of hydrogen-bond donors (Lipinski definition) is 2. The highest BCUT2D eigenvalue weighted by Gasteiger charge is 2.21. The number of aromatic nitrogens is 2. The van der Waals surface area contributed by atoms with Crippen LogP contribution in [0.3, 0.4) is 0 Å². The van der Waals surface area contributed by atoms with E-state index in [-0.39, 0.29) is 17.5 Å². The topological polar surface area (TPSA) is 93.5 Å². The van der Waals surface area contributed by atoms with Crippen LogP contribution in [0.2, 0.25) is 0 Å². The average Bonchev–Trinajstić information content (AvgIpc) is 3.16. The fraction of sp³-hybridized carbons (Fsp3) is 0.348. The molecule has 0 radical (unpaired) electrons. The lowest BCUT2D eigenvalue weighted by atomic mass is 9.86. The van der Waals surface area contributed by atoms with Crippen molar-refractivity contribution in [2.45, 2.75) is 44.9 Å². The van der Waals surface area contributed by atoms with Crippen molar-refractivity contribution in [2.75, 3.05) is 0 Å². The minimum Gasteiger partial charge on any atom is -0.409 e. The van der Waals surface area contributed by atoms with Crippen molar-refractivity contribution in [3.05, 3.63) is 59.9 Å². The van der Waals surface area contributed by atoms with Crippen molar-refractivity contribution < 1.29 is 10.0 Å². The van der Waals surface area contributed by atoms with Gasteiger partial charge in [-0.15, -0.1) is 0 Å². The van der Waals surface area contributed by atoms with Gasteiger partial charge in [-0.3, -0.25) is 4.79 Å². The van der Waals surface area contributed by atoms with Gasteiger partial charge in [0.2, 0.25) is 0 Å². The molecule has 29 heavy (non-hydrogen) atoms. The summed E-state index contributed by atoms with van der Waals surface area (Å²) in [7, 11) is 0. The first kappa shape index (κ1) is 19.2. The zero-order valence-electron chi connectivity index (χ0n) is 16.4. The fourth-order valence-corrected chi connectivity index (χ4v) is 4.19. The molecular weight excluding hydrogens is 364 g/mol. The number of nitrogens with two attached hydrogens (primary N) is 1. The molecule has 2 heterocycles. The molecule has 1 aliphatic rings. The first-order valence-electron chi connectivity index (χ1n) is 10.3. The predicted molar refractivity (Wildman–Crippen MR) is 114 cm³/mol. The molecule has 1 fully saturated rings. The van der Waals surface area contributed by atoms with Gasteiger partial charge in [-0.2, -0.15) is 0 Å². The van der Waals surface area contributed by atoms with Crippen molar-refractivity contribution >= 4 is 22.7 Å². The van der Waals surface area contributed by atoms with E-state index in [9.17, 15) is 4.79 Å². The molecule has 6 nitrogen and oxygen atoms in total. The predicted octanol–water partition coefficient (Wildman–Crippen LogP) is 4.66. The lowest BCUT2D eigenvalue weighted by Gasteiger charge is -2.18. The van der Waals surface area contributed by atoms with Gasteiger partial charge in [0, 0.05) is 40.5 Å². The van der Waals surface area contributed by atoms with E-state index in [1.54, 1.807) is 12.3 Å². The standard InChI is InChI=1S/C23H26N4O2/c24-22(26-29)17-9-6-10-20(14-17)27-12-11-18-13-19(15-25-23(18)27)21(28)16-7-4-2-1-3-5-8-16/h6,9-16,29H,1-5,7-8H2,(H2,24,26). The largest absolute Gasteiger partial charge is 0.409 e. The number of nitrogens with zero attached hydrogens (tertiary/aromatic N) is 3. The van der Waals surface area contributed by atoms with Crippen molar-refractivity contribution in [3.63, 3.8) is 0 Å². The molecule has 0 bridgehead atoms. The number of fused-ring (bicyclic) bond motifs is 1. The molecule has 0 spiro atoms. The van der Waals surface area contributed by atoms with E-state index >= 15 is 0 Å². The molecule has 2 aromatic heterocycles. The van der Waals surface area contributed by atoms with Crippen LogP contribution in [0, 0.1) is 5.92 Å². The van der Waals surface area contributed by atoms with Crippen LogP contribution in [-0.4, -0.2) is 26.4 Å². The van der Waals surface area contributed by atoms with E-state index in [0.717, 1.165) is 42.4 Å². The summed E-state index contributed by atoms with van der Waals surface area (Å²) in [6, 6.07) is 11.3. The number of oxime groups is 1. The van der Waals surface area contributed by atoms with Gasteiger partial charge in [0.25, 0.3) is 0 Å². The van der Waals surface area contributed by atoms with E-state index in [1.165, 1.54) is 19.3 Å². The lowest BCUT2D eigenvalue weighted by molar-refractivity contribution is 0.0898. The first-order chi connectivity index (χ1) is 14.2. The maximum absolute atomic E-state index is 13.0. The average molecular weight is 390 g/mol. The molecule has 0 atom stereocenters. The Labute approximate surface area is 170 Å². The second-order valence-electron chi connectivity index (χ2n) is 7.76. The summed E-state index contributed by atoms with van der Waals surface area (Å²) in [6.45, 7) is 0. The third kappa shape index (κ3) is 4.01. The Morgan fingerprint density at radius 3 is 2.59 bits per heavy atom. The molecule has 150 valence electrons. The number of benzene rings is 1. The molecule has 0 aliphatic heterocycles. The zero-order chi connectivity index (χ0) is 20.2. The normalized spacial score (nSPS) is 16.5. The fourth-order valence-electron chi connectivity index (χ4n) is 4.19. The number of carbonyl (C=O) groups is 1. The summed E-state index contributed by atoms with van der Waals surface area (Å²) in [4.78, 5) is 17.6. The van der Waals surface area contributed by atoms with Crippen LogP contribution >= 0.6 is 0 Å². The molecule has 1 saturated carbocycles. The molecular formula is C23H26N4O2. The van der Waals surface area contributed by atoms with Crippen LogP contribution in [-0.2, 0) is 0 Å². The first-order valence-corrected chi connectivity index (χ1v) is 10.3. The number of ketones is 1. The number of Topliss-reactive ketones (excluding diaryl/α,β-unsaturated/α-hetero) is 1. The smallest absolute Gasteiger partial charge is 0.170 e. The summed E-state index contributed by atoms with van der Waals surface area (Å²) in [5.41, 5.74) is 8.67. The van der Waals surface area contributed by atoms with Gasteiger partial charge in [0.1, 0.15) is 5.65 Å². The summed E-state index contributed by atoms with van der Waals surface area (Å²) < 4.78 is 1.94. The molecule has 6 heteroatoms. The molecule has 3 N–H and O–H groups in total. The molecule has 4 rings (SSSR count). The van der Waals surface area contributed by atoms with Gasteiger partial charge in [-0.25, -0.2) is 4.98 Å². The number of pyridine rings is 1. The molecule has 1 aromatic carbocycles. The van der Waals surface area contributed by atoms with Crippen molar-refractivity contribution in [1.82, 2.24) is 9.55 Å². The number of hydrogen-bond acceptors (Lipinski definition) is 4. The molecule has 1 aliphatic carbocycles. The summed E-state index contributed by atoms with van der Waals surface area (Å²) in [6.07, 6.45) is 11.6. The van der Waals surface area contributed by atoms with Crippen molar-refractivity contribution in [3.8, 4) is 5.69 Å². The van der Waals surface area contributed by atoms with Gasteiger partial charge in [0.15, 0.2) is 11.6 Å². The van der Waals surface area contributed by atoms with Crippen LogP contribution in [0.5, 0.6) is 0 Å². The minimum absolute atomic E-state index is 0.0587. The molecule has 3 aromatic rings. The van der Waals surface area contributed by atoms with Crippen LogP contribution in [0.1, 0.15) is 60.9 Å². The van der Waals surface area contributed by atoms with E-state index < -0.39 is 0 Å². The lowest BCUT2D eigenvalue weighted by Crippen LogP contribution is -2.16. The van der Waals surface area contributed by atoms with Gasteiger partial charge in [-0.1, -0.05) is 49.4 Å². The third-order valence-electron chi connectivity index (χ3n) is 5.81. The zero-order valence-corrected chi connectivity index (χ0v) is 16.4. The highest BCUT2D eigenvalue weighted by molar-refractivity contribution is 6.00. The van der Waals surface area contributed by atoms with Crippen LogP contribution in [0.25, 0.3) is 16.7 Å². The van der Waals surface area contributed by atoms with Gasteiger partial charge < -0.3 is 15.5 Å². The van der Waals surface area contributed by atoms with Crippen molar-refractivity contribution in [1.29, 1.82) is 0 Å². The van der Waals surface area contributed by atoms with Gasteiger partial charge >= 0.3 is 0 Å². The Hall–Kier alpha value is -3.15. The van der Waals surface area contributed by atoms with Gasteiger partial charge in [0.05, 0.1) is 0 Å². The SMILES string of the molecule is N/C(=N\O)c1cccc(-n2ccc3cc(C(=O)C4CCCCCCC4)cnc32)c1. The Morgan fingerprint density at radius 1 is 1.07 bits per heavy atom. The third-order valence-corrected chi connectivity index (χ3v) is 5.81. The van der Waals surface area contributed by atoms with E-state index in [4.69, 9.17) is 10.9 Å². The monoisotopic (exact) mass is 390 g/mol. The second-order valence-corrected chi connectivity index (χ2v) is 7.76. The maximum Gasteiger partial charge on any atom is 0.170 e. The number of rotatable bonds is 4. The van der Waals surface area contributed by atoms with Crippen LogP contribution in [0.15, 0.2) is 53.9 Å². The molecule has 0 amide bonds. The highest BCUT2D eigenvalue weighted by atomic mass is 16.4. The summed E-state index contributed by atoms with van der Waals surface area (Å²) in [5, 5.41) is 12.9. The quantitative estimate of drug-likeness (QED) is 0.223. The number of carbonyl (C=O) groups excluding carboxylic acids is 1. The maximum atomic E-state index is 13.0. The van der Waals surface area contributed by atoms with E-state index in [1.807, 2.05) is 41.1 Å². The van der Waals surface area contributed by atoms with E-state index in [0.29, 0.717) is 11.1 Å². The minimum atomic E-state index is 0.0587. The Morgan fingerprint density at radius 2 is 1.83 bits per heavy atom. The van der Waals surface area contributed by atoms with Crippen LogP contribution in [0.4, 0.5) is 0 Å². The van der Waals surface area contributed by atoms with Crippen LogP contribution < -0.4 is 5.73 Å². The highest BCUT2D eigenvalue weighted by Crippen LogP contribution is 2.27. The van der Waals surface area contributed by atoms with Gasteiger partial charge in [-0.05, 0) is 37.1 Å². The summed E-state index contributed by atoms with van der Waals surface area (Å²) in [5.74, 6) is 0.403. The Kier molecular flexibility index (Phi) is 5.60. The molecule has 0 unspecified atom stereocenters. The summed E-state index contributed by atoms with van der Waals surface area (Å²) >= 11 is 0. The Bertz CT molecular complexity index is 1050. The van der Waals surface area contributed by atoms with Crippen molar-refractivity contribution in [2.24, 2.45) is 16.8 Å². The van der Waals surface area contributed by atoms with E-state index in [2.05, 4.69) is 10.1 Å².